The predicted octanol–water partition coefficient (Wildman–Crippen LogP) is 3.35. The quantitative estimate of drug-likeness (QED) is 0.404. The zero-order valence-electron chi connectivity index (χ0n) is 21.1. The van der Waals surface area contributed by atoms with E-state index in [4.69, 9.17) is 0 Å². The summed E-state index contributed by atoms with van der Waals surface area (Å²) >= 11 is 0. The molecule has 0 unspecified atom stereocenters. The number of hydrogen-bond acceptors (Lipinski definition) is 6. The van der Waals surface area contributed by atoms with Crippen LogP contribution >= 0.6 is 0 Å². The highest BCUT2D eigenvalue weighted by molar-refractivity contribution is 7.89. The van der Waals surface area contributed by atoms with Crippen LogP contribution in [0.3, 0.4) is 0 Å². The van der Waals surface area contributed by atoms with Crippen LogP contribution in [0.4, 0.5) is 0 Å². The minimum absolute atomic E-state index is 0.0488. The number of nitrogens with zero attached hydrogens (tertiary/aromatic N) is 6. The van der Waals surface area contributed by atoms with E-state index in [9.17, 15) is 18.3 Å². The highest BCUT2D eigenvalue weighted by Gasteiger charge is 2.46. The standard InChI is InChI=1S/C27H28N6O4S/c1-17-10-19-7-3-4-9-25(19)38(36,37)32(14-17)15-18-6-5-8-20(11-18)33-26(23(13-28-33)27(34)35)22-12-21(22)24-16-31(2)30-29-24/h3-9,11,13,16-17,21-22H,10,12,14-15H2,1-2H3,(H,34,35)/t17-,21+,22+/m0/s1. The van der Waals surface area contributed by atoms with Gasteiger partial charge in [0, 0.05) is 38.2 Å². The molecule has 0 saturated heterocycles. The maximum atomic E-state index is 13.6. The number of rotatable bonds is 6. The molecule has 1 aliphatic heterocycles. The largest absolute Gasteiger partial charge is 0.478 e. The van der Waals surface area contributed by atoms with Crippen molar-refractivity contribution < 1.29 is 18.3 Å². The number of sulfonamides is 1. The average molecular weight is 533 g/mol. The highest BCUT2D eigenvalue weighted by Crippen LogP contribution is 2.55. The lowest BCUT2D eigenvalue weighted by molar-refractivity contribution is 0.0695. The number of carboxylic acid groups (broad SMARTS) is 1. The third-order valence-electron chi connectivity index (χ3n) is 7.37. The molecule has 38 heavy (non-hydrogen) atoms. The van der Waals surface area contributed by atoms with E-state index in [0.29, 0.717) is 29.2 Å². The van der Waals surface area contributed by atoms with Crippen molar-refractivity contribution in [3.8, 4) is 5.69 Å². The highest BCUT2D eigenvalue weighted by atomic mass is 32.2. The van der Waals surface area contributed by atoms with E-state index in [1.807, 2.05) is 42.6 Å². The van der Waals surface area contributed by atoms with Crippen molar-refractivity contribution in [2.24, 2.45) is 13.0 Å². The van der Waals surface area contributed by atoms with Gasteiger partial charge < -0.3 is 5.11 Å². The molecular weight excluding hydrogens is 504 g/mol. The Morgan fingerprint density at radius 1 is 1.13 bits per heavy atom. The molecular formula is C27H28N6O4S. The van der Waals surface area contributed by atoms with Crippen molar-refractivity contribution in [3.05, 3.63) is 89.0 Å². The lowest BCUT2D eigenvalue weighted by Crippen LogP contribution is -2.32. The van der Waals surface area contributed by atoms with E-state index in [0.717, 1.165) is 23.2 Å². The van der Waals surface area contributed by atoms with Crippen LogP contribution in [-0.2, 0) is 30.0 Å². The number of carbonyl (C=O) groups is 1. The molecule has 0 bridgehead atoms. The maximum absolute atomic E-state index is 13.6. The molecule has 3 heterocycles. The number of aromatic nitrogens is 5. The topological polar surface area (TPSA) is 123 Å². The van der Waals surface area contributed by atoms with E-state index in [1.165, 1.54) is 6.20 Å². The smallest absolute Gasteiger partial charge is 0.339 e. The Morgan fingerprint density at radius 3 is 2.71 bits per heavy atom. The second kappa shape index (κ2) is 9.17. The molecule has 1 fully saturated rings. The van der Waals surface area contributed by atoms with Gasteiger partial charge in [-0.1, -0.05) is 42.5 Å². The Hall–Kier alpha value is -3.83. The monoisotopic (exact) mass is 532 g/mol. The molecule has 3 atom stereocenters. The lowest BCUT2D eigenvalue weighted by Gasteiger charge is -2.22. The van der Waals surface area contributed by atoms with Gasteiger partial charge in [-0.15, -0.1) is 5.10 Å². The van der Waals surface area contributed by atoms with Crippen LogP contribution in [0.25, 0.3) is 5.69 Å². The summed E-state index contributed by atoms with van der Waals surface area (Å²) in [5.41, 5.74) is 3.95. The molecule has 1 N–H and O–H groups in total. The van der Waals surface area contributed by atoms with Crippen LogP contribution in [-0.4, -0.2) is 55.1 Å². The summed E-state index contributed by atoms with van der Waals surface area (Å²) < 4.78 is 32.0. The summed E-state index contributed by atoms with van der Waals surface area (Å²) in [5.74, 6) is -0.840. The number of carboxylic acids is 1. The minimum Gasteiger partial charge on any atom is -0.478 e. The van der Waals surface area contributed by atoms with Crippen molar-refractivity contribution in [2.75, 3.05) is 6.54 Å². The molecule has 196 valence electrons. The van der Waals surface area contributed by atoms with Gasteiger partial charge >= 0.3 is 5.97 Å². The first-order valence-electron chi connectivity index (χ1n) is 12.6. The number of fused-ring (bicyclic) bond motifs is 1. The molecule has 6 rings (SSSR count). The Kier molecular flexibility index (Phi) is 5.92. The van der Waals surface area contributed by atoms with Gasteiger partial charge in [0.25, 0.3) is 0 Å². The number of aryl methyl sites for hydroxylation is 1. The van der Waals surface area contributed by atoms with Gasteiger partial charge in [-0.05, 0) is 48.1 Å². The zero-order chi connectivity index (χ0) is 26.6. The Morgan fingerprint density at radius 2 is 1.95 bits per heavy atom. The summed E-state index contributed by atoms with van der Waals surface area (Å²) in [4.78, 5) is 12.4. The zero-order valence-corrected chi connectivity index (χ0v) is 21.9. The minimum atomic E-state index is -3.66. The van der Waals surface area contributed by atoms with E-state index < -0.39 is 16.0 Å². The Bertz CT molecular complexity index is 1640. The van der Waals surface area contributed by atoms with Gasteiger partial charge in [0.1, 0.15) is 5.56 Å². The fourth-order valence-corrected chi connectivity index (χ4v) is 7.31. The number of benzene rings is 2. The molecule has 1 saturated carbocycles. The molecule has 10 nitrogen and oxygen atoms in total. The molecule has 2 aromatic heterocycles. The number of hydrogen-bond donors (Lipinski definition) is 1. The SMILES string of the molecule is C[C@H]1Cc2ccccc2S(=O)(=O)N(Cc2cccc(-n3ncc(C(=O)O)c3[C@@H]3C[C@H]3c3cn(C)nn3)c2)C1. The second-order valence-corrected chi connectivity index (χ2v) is 12.2. The number of aromatic carboxylic acids is 1. The van der Waals surface area contributed by atoms with E-state index in [2.05, 4.69) is 22.3 Å². The predicted molar refractivity (Wildman–Crippen MR) is 139 cm³/mol. The van der Waals surface area contributed by atoms with Crippen molar-refractivity contribution in [1.82, 2.24) is 29.1 Å². The van der Waals surface area contributed by atoms with Crippen LogP contribution in [0, 0.1) is 5.92 Å². The lowest BCUT2D eigenvalue weighted by atomic mass is 10.0. The van der Waals surface area contributed by atoms with E-state index in [-0.39, 0.29) is 29.9 Å². The summed E-state index contributed by atoms with van der Waals surface area (Å²) in [7, 11) is -1.86. The van der Waals surface area contributed by atoms with Gasteiger partial charge in [0.2, 0.25) is 10.0 Å². The van der Waals surface area contributed by atoms with Crippen LogP contribution in [0.15, 0.2) is 65.8 Å². The third kappa shape index (κ3) is 4.31. The molecule has 2 aliphatic rings. The molecule has 2 aromatic carbocycles. The molecule has 4 aromatic rings. The molecule has 1 aliphatic carbocycles. The summed E-state index contributed by atoms with van der Waals surface area (Å²) in [5, 5.41) is 22.5. The first kappa shape index (κ1) is 24.5. The summed E-state index contributed by atoms with van der Waals surface area (Å²) in [6, 6.07) is 14.7. The normalized spacial score (nSPS) is 22.5. The first-order valence-corrected chi connectivity index (χ1v) is 14.0. The van der Waals surface area contributed by atoms with Crippen LogP contribution < -0.4 is 0 Å². The van der Waals surface area contributed by atoms with Gasteiger partial charge in [0.15, 0.2) is 0 Å². The Labute approximate surface area is 220 Å². The molecule has 0 spiro atoms. The first-order chi connectivity index (χ1) is 18.2. The van der Waals surface area contributed by atoms with Crippen LogP contribution in [0.5, 0.6) is 0 Å². The van der Waals surface area contributed by atoms with Gasteiger partial charge in [-0.3, -0.25) is 4.68 Å². The molecule has 0 amide bonds. The second-order valence-electron chi connectivity index (χ2n) is 10.3. The average Bonchev–Trinajstić information content (AvgIpc) is 3.35. The fraction of sp³-hybridized carbons (Fsp3) is 0.333. The fourth-order valence-electron chi connectivity index (χ4n) is 5.53. The van der Waals surface area contributed by atoms with Crippen LogP contribution in [0.1, 0.15) is 58.1 Å². The van der Waals surface area contributed by atoms with E-state index >= 15 is 0 Å². The maximum Gasteiger partial charge on any atom is 0.339 e. The molecule has 11 heteroatoms. The summed E-state index contributed by atoms with van der Waals surface area (Å²) in [6.07, 6.45) is 4.70. The molecule has 0 radical (unpaired) electrons. The third-order valence-corrected chi connectivity index (χ3v) is 9.28. The van der Waals surface area contributed by atoms with E-state index in [1.54, 1.807) is 32.8 Å². The van der Waals surface area contributed by atoms with Gasteiger partial charge in [-0.25, -0.2) is 17.9 Å². The Balaban J connectivity index is 1.33. The van der Waals surface area contributed by atoms with Crippen molar-refractivity contribution in [2.45, 2.75) is 43.0 Å². The van der Waals surface area contributed by atoms with Gasteiger partial charge in [0.05, 0.1) is 28.2 Å². The van der Waals surface area contributed by atoms with Gasteiger partial charge in [-0.2, -0.15) is 9.40 Å². The van der Waals surface area contributed by atoms with Crippen molar-refractivity contribution in [3.63, 3.8) is 0 Å². The van der Waals surface area contributed by atoms with Crippen LogP contribution in [0.2, 0.25) is 0 Å². The van der Waals surface area contributed by atoms with Crippen molar-refractivity contribution in [1.29, 1.82) is 0 Å². The van der Waals surface area contributed by atoms with Crippen molar-refractivity contribution >= 4 is 16.0 Å². The summed E-state index contributed by atoms with van der Waals surface area (Å²) in [6.45, 7) is 2.69.